The number of carbonyl (C=O) groups is 1. The topological polar surface area (TPSA) is 65.4 Å². The SMILES string of the molecule is COC[C@H]1CN(c2ccc(C#N)c(C(F)(F)F)c2)C[C@@H]1C(=O)Nc1cccc(C)c1. The molecule has 1 heterocycles. The molecular formula is C22H22F3N3O2. The number of rotatable bonds is 5. The van der Waals surface area contributed by atoms with Crippen molar-refractivity contribution in [1.82, 2.24) is 0 Å². The van der Waals surface area contributed by atoms with E-state index in [4.69, 9.17) is 10.00 Å². The Labute approximate surface area is 173 Å². The van der Waals surface area contributed by atoms with Gasteiger partial charge in [-0.1, -0.05) is 12.1 Å². The molecule has 158 valence electrons. The molecule has 1 aliphatic rings. The van der Waals surface area contributed by atoms with Crippen LogP contribution in [-0.2, 0) is 15.7 Å². The number of nitriles is 1. The van der Waals surface area contributed by atoms with E-state index < -0.39 is 23.2 Å². The van der Waals surface area contributed by atoms with Gasteiger partial charge in [0.15, 0.2) is 0 Å². The van der Waals surface area contributed by atoms with Crippen molar-refractivity contribution >= 4 is 17.3 Å². The zero-order valence-electron chi connectivity index (χ0n) is 16.7. The standard InChI is InChI=1S/C22H22F3N3O2/c1-14-4-3-5-17(8-14)27-21(29)19-12-28(11-16(19)13-30-2)18-7-6-15(10-26)20(9-18)22(23,24)25/h3-9,16,19H,11-13H2,1-2H3,(H,27,29)/t16-,19+/m1/s1. The molecule has 2 aromatic carbocycles. The van der Waals surface area contributed by atoms with Crippen molar-refractivity contribution in [3.05, 3.63) is 59.2 Å². The molecular weight excluding hydrogens is 395 g/mol. The summed E-state index contributed by atoms with van der Waals surface area (Å²) in [5.41, 5.74) is 0.610. The van der Waals surface area contributed by atoms with E-state index in [1.165, 1.54) is 19.2 Å². The van der Waals surface area contributed by atoms with Crippen molar-refractivity contribution in [2.45, 2.75) is 13.1 Å². The van der Waals surface area contributed by atoms with Gasteiger partial charge in [-0.25, -0.2) is 0 Å². The van der Waals surface area contributed by atoms with Crippen LogP contribution in [0.1, 0.15) is 16.7 Å². The maximum atomic E-state index is 13.3. The van der Waals surface area contributed by atoms with Gasteiger partial charge in [0.1, 0.15) is 0 Å². The fraction of sp³-hybridized carbons (Fsp3) is 0.364. The lowest BCUT2D eigenvalue weighted by atomic mass is 9.96. The molecule has 8 heteroatoms. The highest BCUT2D eigenvalue weighted by Crippen LogP contribution is 2.36. The van der Waals surface area contributed by atoms with E-state index in [-0.39, 0.29) is 18.4 Å². The van der Waals surface area contributed by atoms with Crippen LogP contribution < -0.4 is 10.2 Å². The van der Waals surface area contributed by atoms with Gasteiger partial charge in [0.25, 0.3) is 0 Å². The minimum absolute atomic E-state index is 0.176. The number of methoxy groups -OCH3 is 1. The van der Waals surface area contributed by atoms with Crippen LogP contribution in [-0.4, -0.2) is 32.7 Å². The van der Waals surface area contributed by atoms with Gasteiger partial charge in [0, 0.05) is 37.5 Å². The molecule has 1 aliphatic heterocycles. The second kappa shape index (κ2) is 8.76. The molecule has 2 atom stereocenters. The Kier molecular flexibility index (Phi) is 6.32. The van der Waals surface area contributed by atoms with E-state index >= 15 is 0 Å². The number of anilines is 2. The van der Waals surface area contributed by atoms with E-state index in [1.807, 2.05) is 25.1 Å². The zero-order chi connectivity index (χ0) is 21.9. The summed E-state index contributed by atoms with van der Waals surface area (Å²) in [4.78, 5) is 14.6. The van der Waals surface area contributed by atoms with Gasteiger partial charge in [-0.3, -0.25) is 4.79 Å². The number of nitrogens with zero attached hydrogens (tertiary/aromatic N) is 2. The van der Waals surface area contributed by atoms with Crippen LogP contribution in [0.25, 0.3) is 0 Å². The largest absolute Gasteiger partial charge is 0.417 e. The van der Waals surface area contributed by atoms with Gasteiger partial charge in [-0.2, -0.15) is 18.4 Å². The number of nitrogens with one attached hydrogen (secondary N) is 1. The molecule has 1 N–H and O–H groups in total. The maximum absolute atomic E-state index is 13.3. The molecule has 1 amide bonds. The summed E-state index contributed by atoms with van der Waals surface area (Å²) in [6.07, 6.45) is -4.63. The first-order valence-electron chi connectivity index (χ1n) is 9.45. The summed E-state index contributed by atoms with van der Waals surface area (Å²) in [6.45, 7) is 2.87. The van der Waals surface area contributed by atoms with E-state index in [0.717, 1.165) is 11.6 Å². The number of benzene rings is 2. The molecule has 0 bridgehead atoms. The molecule has 0 radical (unpaired) electrons. The molecule has 0 aromatic heterocycles. The fourth-order valence-corrected chi connectivity index (χ4v) is 3.78. The maximum Gasteiger partial charge on any atom is 0.417 e. The highest BCUT2D eigenvalue weighted by Gasteiger charge is 2.39. The summed E-state index contributed by atoms with van der Waals surface area (Å²) >= 11 is 0. The molecule has 2 aromatic rings. The van der Waals surface area contributed by atoms with E-state index in [2.05, 4.69) is 5.32 Å². The Hall–Kier alpha value is -3.05. The molecule has 3 rings (SSSR count). The van der Waals surface area contributed by atoms with Crippen molar-refractivity contribution in [3.8, 4) is 6.07 Å². The van der Waals surface area contributed by atoms with Crippen molar-refractivity contribution in [2.24, 2.45) is 11.8 Å². The average molecular weight is 417 g/mol. The zero-order valence-corrected chi connectivity index (χ0v) is 16.7. The summed E-state index contributed by atoms with van der Waals surface area (Å²) in [6, 6.07) is 12.6. The Balaban J connectivity index is 1.83. The molecule has 1 fully saturated rings. The van der Waals surface area contributed by atoms with Crippen LogP contribution in [0.3, 0.4) is 0 Å². The molecule has 30 heavy (non-hydrogen) atoms. The number of aryl methyl sites for hydroxylation is 1. The molecule has 0 unspecified atom stereocenters. The first-order valence-corrected chi connectivity index (χ1v) is 9.45. The van der Waals surface area contributed by atoms with Gasteiger partial charge in [-0.15, -0.1) is 0 Å². The minimum Gasteiger partial charge on any atom is -0.384 e. The molecule has 5 nitrogen and oxygen atoms in total. The second-order valence-electron chi connectivity index (χ2n) is 7.43. The second-order valence-corrected chi connectivity index (χ2v) is 7.43. The molecule has 0 spiro atoms. The lowest BCUT2D eigenvalue weighted by Gasteiger charge is -2.20. The van der Waals surface area contributed by atoms with Gasteiger partial charge in [0.2, 0.25) is 5.91 Å². The molecule has 0 aliphatic carbocycles. The minimum atomic E-state index is -4.63. The highest BCUT2D eigenvalue weighted by atomic mass is 19.4. The lowest BCUT2D eigenvalue weighted by Crippen LogP contribution is -2.31. The van der Waals surface area contributed by atoms with E-state index in [1.54, 1.807) is 17.0 Å². The van der Waals surface area contributed by atoms with Crippen molar-refractivity contribution in [3.63, 3.8) is 0 Å². The van der Waals surface area contributed by atoms with Crippen LogP contribution >= 0.6 is 0 Å². The number of hydrogen-bond acceptors (Lipinski definition) is 4. The van der Waals surface area contributed by atoms with Gasteiger partial charge in [-0.05, 0) is 42.8 Å². The smallest absolute Gasteiger partial charge is 0.384 e. The fourth-order valence-electron chi connectivity index (χ4n) is 3.78. The number of hydrogen-bond donors (Lipinski definition) is 1. The summed E-state index contributed by atoms with van der Waals surface area (Å²) in [7, 11) is 1.53. The lowest BCUT2D eigenvalue weighted by molar-refractivity contribution is -0.137. The Morgan fingerprint density at radius 3 is 2.67 bits per heavy atom. The third kappa shape index (κ3) is 4.74. The van der Waals surface area contributed by atoms with Crippen LogP contribution in [0.4, 0.5) is 24.5 Å². The normalized spacial score (nSPS) is 18.9. The summed E-state index contributed by atoms with van der Waals surface area (Å²) in [5, 5.41) is 11.9. The van der Waals surface area contributed by atoms with Crippen LogP contribution in [0.2, 0.25) is 0 Å². The third-order valence-electron chi connectivity index (χ3n) is 5.24. The van der Waals surface area contributed by atoms with E-state index in [0.29, 0.717) is 24.5 Å². The van der Waals surface area contributed by atoms with E-state index in [9.17, 15) is 18.0 Å². The Morgan fingerprint density at radius 2 is 2.03 bits per heavy atom. The average Bonchev–Trinajstić information content (AvgIpc) is 3.11. The van der Waals surface area contributed by atoms with Gasteiger partial charge in [0.05, 0.1) is 29.7 Å². The van der Waals surface area contributed by atoms with Crippen molar-refractivity contribution in [1.29, 1.82) is 5.26 Å². The highest BCUT2D eigenvalue weighted by molar-refractivity contribution is 5.93. The predicted molar refractivity (Wildman–Crippen MR) is 107 cm³/mol. The van der Waals surface area contributed by atoms with Crippen LogP contribution in [0.5, 0.6) is 0 Å². The predicted octanol–water partition coefficient (Wildman–Crippen LogP) is 4.22. The van der Waals surface area contributed by atoms with Crippen molar-refractivity contribution in [2.75, 3.05) is 37.0 Å². The monoisotopic (exact) mass is 417 g/mol. The quantitative estimate of drug-likeness (QED) is 0.791. The van der Waals surface area contributed by atoms with Gasteiger partial charge >= 0.3 is 6.18 Å². The van der Waals surface area contributed by atoms with Crippen molar-refractivity contribution < 1.29 is 22.7 Å². The number of alkyl halides is 3. The Bertz CT molecular complexity index is 969. The number of ether oxygens (including phenoxy) is 1. The Morgan fingerprint density at radius 1 is 1.27 bits per heavy atom. The third-order valence-corrected chi connectivity index (χ3v) is 5.24. The molecule has 0 saturated carbocycles. The van der Waals surface area contributed by atoms with Crippen LogP contribution in [0, 0.1) is 30.1 Å². The summed E-state index contributed by atoms with van der Waals surface area (Å²) in [5.74, 6) is -0.824. The van der Waals surface area contributed by atoms with Crippen LogP contribution in [0.15, 0.2) is 42.5 Å². The summed E-state index contributed by atoms with van der Waals surface area (Å²) < 4.78 is 45.2. The first-order chi connectivity index (χ1) is 14.2. The number of carbonyl (C=O) groups excluding carboxylic acids is 1. The van der Waals surface area contributed by atoms with Gasteiger partial charge < -0.3 is 15.0 Å². The number of halogens is 3. The first kappa shape index (κ1) is 21.7. The number of amides is 1. The molecule has 1 saturated heterocycles.